The minimum Gasteiger partial charge on any atom is -0.461 e. The molecule has 2 rings (SSSR count). The maximum Gasteiger partial charge on any atom is 0.320 e. The number of β-amino-alcohol motifs (C(OH)–C–C–N with tert-alkyl or cyclic N) is 1. The molecule has 1 heterocycles. The lowest BCUT2D eigenvalue weighted by molar-refractivity contribution is -0.156. The van der Waals surface area contributed by atoms with Crippen LogP contribution in [0.15, 0.2) is 30.3 Å². The van der Waals surface area contributed by atoms with Crippen molar-refractivity contribution in [1.29, 1.82) is 0 Å². The summed E-state index contributed by atoms with van der Waals surface area (Å²) in [6.45, 7) is 23.5. The lowest BCUT2D eigenvalue weighted by Gasteiger charge is -2.37. The molecule has 0 spiro atoms. The molecule has 0 aromatic heterocycles. The van der Waals surface area contributed by atoms with E-state index in [0.717, 1.165) is 38.3 Å². The Balaban J connectivity index is 2.10. The van der Waals surface area contributed by atoms with E-state index in [0.29, 0.717) is 45.4 Å². The number of nitrogens with zero attached hydrogens (tertiary/aromatic N) is 4. The van der Waals surface area contributed by atoms with Crippen molar-refractivity contribution in [1.82, 2.24) is 19.6 Å². The van der Waals surface area contributed by atoms with Crippen molar-refractivity contribution in [3.05, 3.63) is 35.9 Å². The van der Waals surface area contributed by atoms with Gasteiger partial charge in [-0.15, -0.1) is 0 Å². The Morgan fingerprint density at radius 1 is 0.822 bits per heavy atom. The molecule has 1 fully saturated rings. The molecule has 1 atom stereocenters. The number of ether oxygens (including phenoxy) is 2. The van der Waals surface area contributed by atoms with Crippen molar-refractivity contribution >= 4 is 19.1 Å². The van der Waals surface area contributed by atoms with Crippen molar-refractivity contribution < 1.29 is 28.7 Å². The second-order valence-corrected chi connectivity index (χ2v) is 18.6. The molecule has 45 heavy (non-hydrogen) atoms. The molecule has 1 unspecified atom stereocenters. The zero-order valence-electron chi connectivity index (χ0n) is 29.3. The van der Waals surface area contributed by atoms with Gasteiger partial charge in [0.25, 0.3) is 0 Å². The van der Waals surface area contributed by atoms with Gasteiger partial charge in [-0.25, -0.2) is 0 Å². The number of esters is 2. The summed E-state index contributed by atoms with van der Waals surface area (Å²) in [5, 5.41) is 11.0. The number of aliphatic hydroxyl groups excluding tert-OH is 1. The van der Waals surface area contributed by atoms with Crippen molar-refractivity contribution in [3.8, 4) is 0 Å². The van der Waals surface area contributed by atoms with E-state index in [1.54, 1.807) is 0 Å². The lowest BCUT2D eigenvalue weighted by Crippen LogP contribution is -2.49. The first-order valence-corrected chi connectivity index (χ1v) is 19.2. The number of hydrogen-bond donors (Lipinski definition) is 1. The van der Waals surface area contributed by atoms with E-state index in [1.807, 2.05) is 64.4 Å². The van der Waals surface area contributed by atoms with Gasteiger partial charge in [-0.1, -0.05) is 51.1 Å². The summed E-state index contributed by atoms with van der Waals surface area (Å²) in [4.78, 5) is 34.3. The first kappa shape index (κ1) is 39.4. The number of carbonyl (C=O) groups is 2. The van der Waals surface area contributed by atoms with Crippen molar-refractivity contribution in [2.45, 2.75) is 72.7 Å². The van der Waals surface area contributed by atoms with Crippen LogP contribution < -0.4 is 0 Å². The first-order valence-electron chi connectivity index (χ1n) is 16.4. The van der Waals surface area contributed by atoms with Crippen molar-refractivity contribution in [3.63, 3.8) is 0 Å². The van der Waals surface area contributed by atoms with E-state index >= 15 is 0 Å². The minimum atomic E-state index is -2.28. The van der Waals surface area contributed by atoms with Crippen LogP contribution in [-0.4, -0.2) is 140 Å². The van der Waals surface area contributed by atoms with E-state index in [9.17, 15) is 19.3 Å². The molecule has 0 bridgehead atoms. The summed E-state index contributed by atoms with van der Waals surface area (Å²) in [6, 6.07) is 9.57. The fraction of sp³-hybridized carbons (Fsp3) is 0.765. The van der Waals surface area contributed by atoms with E-state index in [1.165, 1.54) is 0 Å². The molecule has 0 aliphatic carbocycles. The zero-order chi connectivity index (χ0) is 33.7. The average Bonchev–Trinajstić information content (AvgIpc) is 2.90. The van der Waals surface area contributed by atoms with Gasteiger partial charge in [0.05, 0.1) is 26.1 Å². The topological polar surface area (TPSA) is 103 Å². The quantitative estimate of drug-likeness (QED) is 0.263. The molecule has 0 saturated carbocycles. The Kier molecular flexibility index (Phi) is 16.2. The van der Waals surface area contributed by atoms with Crippen molar-refractivity contribution in [2.75, 3.05) is 91.6 Å². The average molecular weight is 653 g/mol. The van der Waals surface area contributed by atoms with Gasteiger partial charge < -0.3 is 24.0 Å². The van der Waals surface area contributed by atoms with Crippen LogP contribution in [0.4, 0.5) is 0 Å². The monoisotopic (exact) mass is 652 g/mol. The van der Waals surface area contributed by atoms with Gasteiger partial charge in [-0.3, -0.25) is 24.3 Å². The van der Waals surface area contributed by atoms with Gasteiger partial charge in [0, 0.05) is 71.9 Å². The van der Waals surface area contributed by atoms with Crippen LogP contribution in [0.3, 0.4) is 0 Å². The standard InChI is InChI=1S/C34H61N4O6P/c1-33(2,3)27-37-20-18-35(24-30(39)14-15-31(40)43-26-29-12-10-9-11-13-29)16-17-36(25-32(41)44-34(4,5)6)19-22-38(23-21-37)28-45(7,8)42/h9-13,30,39H,14-28H2,1-8H3. The third kappa shape index (κ3) is 19.5. The maximum absolute atomic E-state index is 12.8. The number of rotatable bonds is 12. The highest BCUT2D eigenvalue weighted by Crippen LogP contribution is 2.36. The smallest absolute Gasteiger partial charge is 0.320 e. The van der Waals surface area contributed by atoms with E-state index in [4.69, 9.17) is 9.47 Å². The Bertz CT molecular complexity index is 1070. The largest absolute Gasteiger partial charge is 0.461 e. The summed E-state index contributed by atoms with van der Waals surface area (Å²) in [7, 11) is -2.28. The minimum absolute atomic E-state index is 0.112. The summed E-state index contributed by atoms with van der Waals surface area (Å²) in [5.41, 5.74) is 0.478. The fourth-order valence-corrected chi connectivity index (χ4v) is 6.66. The highest BCUT2D eigenvalue weighted by molar-refractivity contribution is 7.62. The Labute approximate surface area is 272 Å². The molecule has 10 nitrogen and oxygen atoms in total. The van der Waals surface area contributed by atoms with Crippen LogP contribution in [-0.2, 0) is 30.2 Å². The van der Waals surface area contributed by atoms with E-state index in [2.05, 4.69) is 40.4 Å². The van der Waals surface area contributed by atoms with Crippen LogP contribution in [0, 0.1) is 5.41 Å². The first-order chi connectivity index (χ1) is 20.9. The van der Waals surface area contributed by atoms with Gasteiger partial charge in [0.15, 0.2) is 0 Å². The molecule has 11 heteroatoms. The predicted molar refractivity (Wildman–Crippen MR) is 182 cm³/mol. The number of aliphatic hydroxyl groups is 1. The Morgan fingerprint density at radius 2 is 1.36 bits per heavy atom. The molecule has 0 radical (unpaired) electrons. The molecule has 1 N–H and O–H groups in total. The molecular weight excluding hydrogens is 591 g/mol. The predicted octanol–water partition coefficient (Wildman–Crippen LogP) is 4.06. The highest BCUT2D eigenvalue weighted by atomic mass is 31.2. The molecule has 1 aliphatic heterocycles. The molecule has 258 valence electrons. The molecule has 1 aliphatic rings. The fourth-order valence-electron chi connectivity index (χ4n) is 5.41. The molecule has 1 aromatic carbocycles. The maximum atomic E-state index is 12.8. The zero-order valence-corrected chi connectivity index (χ0v) is 30.2. The van der Waals surface area contributed by atoms with Crippen molar-refractivity contribution in [2.24, 2.45) is 5.41 Å². The number of hydrogen-bond acceptors (Lipinski definition) is 10. The normalized spacial score (nSPS) is 18.5. The van der Waals surface area contributed by atoms with E-state index < -0.39 is 18.8 Å². The molecular formula is C34H61N4O6P. The van der Waals surface area contributed by atoms with Crippen LogP contribution in [0.25, 0.3) is 0 Å². The van der Waals surface area contributed by atoms with Gasteiger partial charge in [0.1, 0.15) is 12.2 Å². The van der Waals surface area contributed by atoms with Crippen LogP contribution >= 0.6 is 7.14 Å². The summed E-state index contributed by atoms with van der Waals surface area (Å²) >= 11 is 0. The lowest BCUT2D eigenvalue weighted by atomic mass is 9.96. The molecule has 0 amide bonds. The summed E-state index contributed by atoms with van der Waals surface area (Å²) in [6.07, 6.45) is 0.330. The third-order valence-corrected chi connectivity index (χ3v) is 8.42. The second kappa shape index (κ2) is 18.5. The van der Waals surface area contributed by atoms with E-state index in [-0.39, 0.29) is 36.9 Å². The van der Waals surface area contributed by atoms with Gasteiger partial charge in [-0.05, 0) is 51.5 Å². The SMILES string of the molecule is CC(C)(C)CN1CCN(CC(O)CCC(=O)OCc2ccccc2)CCN(CC(=O)OC(C)(C)C)CCN(CP(C)(C)=O)CC1. The van der Waals surface area contributed by atoms with Crippen LogP contribution in [0.1, 0.15) is 59.9 Å². The third-order valence-electron chi connectivity index (χ3n) is 7.33. The second-order valence-electron chi connectivity index (χ2n) is 15.2. The Hall–Kier alpha value is -1.81. The molecule has 1 saturated heterocycles. The number of carbonyl (C=O) groups excluding carboxylic acids is 2. The van der Waals surface area contributed by atoms with Crippen LogP contribution in [0.2, 0.25) is 0 Å². The van der Waals surface area contributed by atoms with Gasteiger partial charge >= 0.3 is 11.9 Å². The molecule has 1 aromatic rings. The Morgan fingerprint density at radius 3 is 1.89 bits per heavy atom. The van der Waals surface area contributed by atoms with Gasteiger partial charge in [-0.2, -0.15) is 0 Å². The summed E-state index contributed by atoms with van der Waals surface area (Å²) < 4.78 is 23.9. The van der Waals surface area contributed by atoms with Gasteiger partial charge in [0.2, 0.25) is 0 Å². The van der Waals surface area contributed by atoms with Crippen LogP contribution in [0.5, 0.6) is 0 Å². The highest BCUT2D eigenvalue weighted by Gasteiger charge is 2.25. The summed E-state index contributed by atoms with van der Waals surface area (Å²) in [5.74, 6) is -0.588. The number of benzene rings is 1.